The molecule has 3 aromatic rings. The summed E-state index contributed by atoms with van der Waals surface area (Å²) in [6.07, 6.45) is 4.57. The van der Waals surface area contributed by atoms with Gasteiger partial charge < -0.3 is 4.74 Å². The molecule has 5 heteroatoms. The van der Waals surface area contributed by atoms with Gasteiger partial charge >= 0.3 is 5.97 Å². The highest BCUT2D eigenvalue weighted by Gasteiger charge is 2.18. The maximum absolute atomic E-state index is 11.8. The van der Waals surface area contributed by atoms with Crippen LogP contribution in [0.1, 0.15) is 25.8 Å². The van der Waals surface area contributed by atoms with Gasteiger partial charge in [-0.3, -0.25) is 4.68 Å². The van der Waals surface area contributed by atoms with Gasteiger partial charge in [-0.15, -0.1) is 17.9 Å². The molecular formula is C20H20N2O2S. The van der Waals surface area contributed by atoms with Crippen LogP contribution < -0.4 is 0 Å². The van der Waals surface area contributed by atoms with E-state index in [0.29, 0.717) is 17.8 Å². The number of carbonyl (C=O) groups excluding carboxylic acids is 1. The molecule has 0 spiro atoms. The maximum Gasteiger partial charge on any atom is 0.348 e. The molecule has 2 heterocycles. The number of thiophene rings is 1. The smallest absolute Gasteiger partial charge is 0.348 e. The average Bonchev–Trinajstić information content (AvgIpc) is 3.18. The van der Waals surface area contributed by atoms with Crippen LogP contribution in [0.2, 0.25) is 0 Å². The van der Waals surface area contributed by atoms with Crippen molar-refractivity contribution in [3.05, 3.63) is 76.3 Å². The van der Waals surface area contributed by atoms with Crippen molar-refractivity contribution in [1.82, 2.24) is 9.78 Å². The Bertz CT molecular complexity index is 894. The van der Waals surface area contributed by atoms with Crippen molar-refractivity contribution in [3.8, 4) is 11.1 Å². The molecule has 0 saturated heterocycles. The van der Waals surface area contributed by atoms with E-state index in [9.17, 15) is 4.79 Å². The van der Waals surface area contributed by atoms with Crippen molar-refractivity contribution in [2.75, 3.05) is 7.11 Å². The number of nitrogens with zero attached hydrogens (tertiary/aromatic N) is 2. The Morgan fingerprint density at radius 2 is 2.08 bits per heavy atom. The van der Waals surface area contributed by atoms with Crippen LogP contribution in [-0.4, -0.2) is 22.9 Å². The van der Waals surface area contributed by atoms with E-state index in [-0.39, 0.29) is 5.97 Å². The lowest BCUT2D eigenvalue weighted by molar-refractivity contribution is 0.0606. The van der Waals surface area contributed by atoms with Crippen molar-refractivity contribution in [1.29, 1.82) is 0 Å². The van der Waals surface area contributed by atoms with Crippen LogP contribution in [0.4, 0.5) is 0 Å². The number of aromatic nitrogens is 2. The molecule has 0 bridgehead atoms. The van der Waals surface area contributed by atoms with Gasteiger partial charge in [0.2, 0.25) is 0 Å². The summed E-state index contributed by atoms with van der Waals surface area (Å²) in [7, 11) is 1.40. The third-order valence-corrected chi connectivity index (χ3v) is 4.99. The standard InChI is InChI=1S/C20H20N2O2S/c1-4-8-18-17(16-11-19(20(23)24-3)25-14(16)2)13-22(21-18)12-15-9-6-5-7-10-15/h4-7,9-11,13H,1,8,12H2,2-3H3. The van der Waals surface area contributed by atoms with Gasteiger partial charge in [-0.1, -0.05) is 36.4 Å². The van der Waals surface area contributed by atoms with E-state index in [1.807, 2.05) is 48.1 Å². The Balaban J connectivity index is 1.99. The number of aryl methyl sites for hydroxylation is 1. The first-order valence-corrected chi connectivity index (χ1v) is 8.84. The molecule has 0 saturated carbocycles. The van der Waals surface area contributed by atoms with Gasteiger partial charge in [0, 0.05) is 23.1 Å². The number of methoxy groups -OCH3 is 1. The molecule has 2 aromatic heterocycles. The van der Waals surface area contributed by atoms with Crippen LogP contribution in [0.3, 0.4) is 0 Å². The van der Waals surface area contributed by atoms with Gasteiger partial charge in [0.15, 0.2) is 0 Å². The molecule has 128 valence electrons. The van der Waals surface area contributed by atoms with E-state index in [1.165, 1.54) is 24.0 Å². The zero-order valence-electron chi connectivity index (χ0n) is 14.4. The van der Waals surface area contributed by atoms with Gasteiger partial charge in [0.1, 0.15) is 4.88 Å². The van der Waals surface area contributed by atoms with Crippen molar-refractivity contribution < 1.29 is 9.53 Å². The highest BCUT2D eigenvalue weighted by atomic mass is 32.1. The molecule has 0 unspecified atom stereocenters. The summed E-state index contributed by atoms with van der Waals surface area (Å²) >= 11 is 1.44. The Morgan fingerprint density at radius 1 is 1.32 bits per heavy atom. The molecule has 0 aliphatic rings. The summed E-state index contributed by atoms with van der Waals surface area (Å²) in [6, 6.07) is 12.1. The molecular weight excluding hydrogens is 332 g/mol. The van der Waals surface area contributed by atoms with E-state index in [2.05, 4.69) is 18.7 Å². The third-order valence-electron chi connectivity index (χ3n) is 3.96. The minimum Gasteiger partial charge on any atom is -0.465 e. The predicted molar refractivity (Wildman–Crippen MR) is 101 cm³/mol. The molecule has 1 aromatic carbocycles. The van der Waals surface area contributed by atoms with Crippen LogP contribution in [0.25, 0.3) is 11.1 Å². The molecule has 3 rings (SSSR count). The van der Waals surface area contributed by atoms with Gasteiger partial charge in [0.05, 0.1) is 19.3 Å². The minimum absolute atomic E-state index is 0.304. The van der Waals surface area contributed by atoms with E-state index in [0.717, 1.165) is 21.7 Å². The average molecular weight is 352 g/mol. The quantitative estimate of drug-likeness (QED) is 0.485. The highest BCUT2D eigenvalue weighted by Crippen LogP contribution is 2.33. The summed E-state index contributed by atoms with van der Waals surface area (Å²) in [5.74, 6) is -0.304. The second-order valence-electron chi connectivity index (χ2n) is 5.74. The van der Waals surface area contributed by atoms with Crippen LogP contribution in [0.5, 0.6) is 0 Å². The van der Waals surface area contributed by atoms with E-state index >= 15 is 0 Å². The first-order chi connectivity index (χ1) is 12.1. The molecule has 0 N–H and O–H groups in total. The summed E-state index contributed by atoms with van der Waals surface area (Å²) in [4.78, 5) is 13.5. The first-order valence-electron chi connectivity index (χ1n) is 8.02. The number of hydrogen-bond acceptors (Lipinski definition) is 4. The van der Waals surface area contributed by atoms with E-state index < -0.39 is 0 Å². The monoisotopic (exact) mass is 352 g/mol. The van der Waals surface area contributed by atoms with E-state index in [4.69, 9.17) is 9.84 Å². The van der Waals surface area contributed by atoms with Gasteiger partial charge in [-0.05, 0) is 24.1 Å². The Morgan fingerprint density at radius 3 is 2.76 bits per heavy atom. The van der Waals surface area contributed by atoms with Gasteiger partial charge in [-0.2, -0.15) is 5.10 Å². The van der Waals surface area contributed by atoms with Crippen molar-refractivity contribution in [3.63, 3.8) is 0 Å². The van der Waals surface area contributed by atoms with Crippen LogP contribution in [0.15, 0.2) is 55.3 Å². The normalized spacial score (nSPS) is 10.6. The molecule has 0 radical (unpaired) electrons. The molecule has 4 nitrogen and oxygen atoms in total. The van der Waals surface area contributed by atoms with Crippen molar-refractivity contribution in [2.45, 2.75) is 19.9 Å². The zero-order valence-corrected chi connectivity index (χ0v) is 15.2. The second kappa shape index (κ2) is 7.49. The molecule has 0 atom stereocenters. The van der Waals surface area contributed by atoms with Crippen LogP contribution in [-0.2, 0) is 17.7 Å². The molecule has 0 aliphatic heterocycles. The predicted octanol–water partition coefficient (Wildman–Crippen LogP) is 4.48. The lowest BCUT2D eigenvalue weighted by Crippen LogP contribution is -2.00. The summed E-state index contributed by atoms with van der Waals surface area (Å²) in [6.45, 7) is 6.55. The number of allylic oxidation sites excluding steroid dienone is 1. The maximum atomic E-state index is 11.8. The second-order valence-corrected chi connectivity index (χ2v) is 6.99. The third kappa shape index (κ3) is 3.72. The van der Waals surface area contributed by atoms with Crippen molar-refractivity contribution in [2.24, 2.45) is 0 Å². The van der Waals surface area contributed by atoms with Crippen LogP contribution in [0, 0.1) is 6.92 Å². The molecule has 0 fully saturated rings. The first kappa shape index (κ1) is 17.2. The van der Waals surface area contributed by atoms with Crippen LogP contribution >= 0.6 is 11.3 Å². The molecule has 25 heavy (non-hydrogen) atoms. The largest absolute Gasteiger partial charge is 0.465 e. The number of ether oxygens (including phenoxy) is 1. The minimum atomic E-state index is -0.304. The summed E-state index contributed by atoms with van der Waals surface area (Å²) in [5.41, 5.74) is 4.23. The number of esters is 1. The van der Waals surface area contributed by atoms with E-state index in [1.54, 1.807) is 0 Å². The van der Waals surface area contributed by atoms with Crippen molar-refractivity contribution >= 4 is 17.3 Å². The summed E-state index contributed by atoms with van der Waals surface area (Å²) in [5, 5.41) is 4.72. The van der Waals surface area contributed by atoms with Gasteiger partial charge in [0.25, 0.3) is 0 Å². The molecule has 0 amide bonds. The zero-order chi connectivity index (χ0) is 17.8. The van der Waals surface area contributed by atoms with Gasteiger partial charge in [-0.25, -0.2) is 4.79 Å². The number of hydrogen-bond donors (Lipinski definition) is 0. The SMILES string of the molecule is C=CCc1nn(Cc2ccccc2)cc1-c1cc(C(=O)OC)sc1C. The fourth-order valence-corrected chi connectivity index (χ4v) is 3.73. The topological polar surface area (TPSA) is 44.1 Å². The molecule has 0 aliphatic carbocycles. The highest BCUT2D eigenvalue weighted by molar-refractivity contribution is 7.14. The number of benzene rings is 1. The number of carbonyl (C=O) groups is 1. The fourth-order valence-electron chi connectivity index (χ4n) is 2.78. The fraction of sp³-hybridized carbons (Fsp3) is 0.200. The lowest BCUT2D eigenvalue weighted by atomic mass is 10.1. The Hall–Kier alpha value is -2.66. The Labute approximate surface area is 151 Å². The summed E-state index contributed by atoms with van der Waals surface area (Å²) < 4.78 is 6.78. The lowest BCUT2D eigenvalue weighted by Gasteiger charge is -2.00. The number of rotatable bonds is 6. The Kier molecular flexibility index (Phi) is 5.14.